The fraction of sp³-hybridized carbons (Fsp3) is 0. The van der Waals surface area contributed by atoms with Crippen molar-refractivity contribution in [3.8, 4) is 22.3 Å². The highest BCUT2D eigenvalue weighted by Gasteiger charge is 2.11. The Balaban J connectivity index is 0.000000149. The van der Waals surface area contributed by atoms with Crippen LogP contribution in [0.2, 0.25) is 0 Å². The highest BCUT2D eigenvalue weighted by atomic mass is 79.9. The highest BCUT2D eigenvalue weighted by Crippen LogP contribution is 2.26. The Hall–Kier alpha value is -3.70. The van der Waals surface area contributed by atoms with E-state index in [0.717, 1.165) is 26.4 Å². The molecule has 0 heterocycles. The van der Waals surface area contributed by atoms with Crippen LogP contribution in [0.4, 0.5) is 0 Å². The van der Waals surface area contributed by atoms with E-state index < -0.39 is 7.12 Å². The number of hydrogen-bond donors (Lipinski definition) is 2. The zero-order chi connectivity index (χ0) is 24.9. The lowest BCUT2D eigenvalue weighted by Crippen LogP contribution is -2.29. The molecule has 0 fully saturated rings. The van der Waals surface area contributed by atoms with Crippen molar-refractivity contribution in [2.24, 2.45) is 0 Å². The first-order valence-corrected chi connectivity index (χ1v) is 12.6. The van der Waals surface area contributed by atoms with Crippen molar-refractivity contribution < 1.29 is 10.0 Å². The summed E-state index contributed by atoms with van der Waals surface area (Å²) in [5, 5.41) is 23.1. The van der Waals surface area contributed by atoms with Crippen LogP contribution in [0.3, 0.4) is 0 Å². The van der Waals surface area contributed by atoms with Gasteiger partial charge in [-0.15, -0.1) is 0 Å². The minimum atomic E-state index is -1.43. The molecule has 36 heavy (non-hydrogen) atoms. The van der Waals surface area contributed by atoms with Crippen LogP contribution in [-0.4, -0.2) is 17.2 Å². The van der Waals surface area contributed by atoms with Gasteiger partial charge in [0.25, 0.3) is 0 Å². The van der Waals surface area contributed by atoms with Crippen LogP contribution >= 0.6 is 15.9 Å². The van der Waals surface area contributed by atoms with Crippen LogP contribution in [0.15, 0.2) is 138 Å². The largest absolute Gasteiger partial charge is 0.488 e. The quantitative estimate of drug-likeness (QED) is 0.233. The SMILES string of the molecule is Brc1ccc2ccc(-c3ccccc3)cc2c1.OB(O)c1ccc2ccc(-c3ccccc3)cc2c1. The van der Waals surface area contributed by atoms with Crippen molar-refractivity contribution in [2.45, 2.75) is 0 Å². The van der Waals surface area contributed by atoms with Crippen LogP contribution in [0, 0.1) is 0 Å². The lowest BCUT2D eigenvalue weighted by molar-refractivity contribution is 0.426. The summed E-state index contributed by atoms with van der Waals surface area (Å²) >= 11 is 3.51. The van der Waals surface area contributed by atoms with E-state index in [2.05, 4.69) is 101 Å². The van der Waals surface area contributed by atoms with Gasteiger partial charge in [-0.25, -0.2) is 0 Å². The average Bonchev–Trinajstić information content (AvgIpc) is 2.93. The Kier molecular flexibility index (Phi) is 7.29. The molecule has 0 amide bonds. The summed E-state index contributed by atoms with van der Waals surface area (Å²) in [5.74, 6) is 0. The molecule has 0 saturated heterocycles. The summed E-state index contributed by atoms with van der Waals surface area (Å²) < 4.78 is 1.12. The first-order chi connectivity index (χ1) is 17.6. The number of benzene rings is 6. The van der Waals surface area contributed by atoms with E-state index >= 15 is 0 Å². The molecule has 174 valence electrons. The highest BCUT2D eigenvalue weighted by molar-refractivity contribution is 9.10. The summed E-state index contributed by atoms with van der Waals surface area (Å²) in [6.07, 6.45) is 0. The van der Waals surface area contributed by atoms with Crippen LogP contribution in [0.1, 0.15) is 0 Å². The Morgan fingerprint density at radius 1 is 0.417 bits per heavy atom. The molecule has 2 N–H and O–H groups in total. The van der Waals surface area contributed by atoms with E-state index in [0.29, 0.717) is 5.46 Å². The van der Waals surface area contributed by atoms with Gasteiger partial charge in [0.2, 0.25) is 0 Å². The minimum absolute atomic E-state index is 0.512. The van der Waals surface area contributed by atoms with Crippen molar-refractivity contribution in [2.75, 3.05) is 0 Å². The first kappa shape index (κ1) is 24.0. The van der Waals surface area contributed by atoms with E-state index in [1.165, 1.54) is 21.9 Å². The van der Waals surface area contributed by atoms with E-state index in [9.17, 15) is 10.0 Å². The Bertz CT molecular complexity index is 1620. The molecule has 0 saturated carbocycles. The van der Waals surface area contributed by atoms with Crippen molar-refractivity contribution in [1.82, 2.24) is 0 Å². The van der Waals surface area contributed by atoms with Gasteiger partial charge in [0, 0.05) is 4.47 Å². The van der Waals surface area contributed by atoms with Crippen molar-refractivity contribution >= 4 is 50.1 Å². The van der Waals surface area contributed by atoms with Crippen molar-refractivity contribution in [1.29, 1.82) is 0 Å². The summed E-state index contributed by atoms with van der Waals surface area (Å²) in [7, 11) is -1.43. The summed E-state index contributed by atoms with van der Waals surface area (Å²) in [6.45, 7) is 0. The molecule has 0 aliphatic carbocycles. The monoisotopic (exact) mass is 530 g/mol. The Labute approximate surface area is 219 Å². The van der Waals surface area contributed by atoms with Crippen LogP contribution in [-0.2, 0) is 0 Å². The third kappa shape index (κ3) is 5.58. The second-order valence-electron chi connectivity index (χ2n) is 8.63. The molecule has 0 aliphatic heterocycles. The molecule has 0 aromatic heterocycles. The van der Waals surface area contributed by atoms with Gasteiger partial charge in [-0.05, 0) is 73.5 Å². The lowest BCUT2D eigenvalue weighted by atomic mass is 9.79. The van der Waals surface area contributed by atoms with Crippen LogP contribution < -0.4 is 5.46 Å². The van der Waals surface area contributed by atoms with E-state index in [1.54, 1.807) is 6.07 Å². The summed E-state index contributed by atoms with van der Waals surface area (Å²) in [4.78, 5) is 0. The predicted octanol–water partition coefficient (Wildman–Crippen LogP) is 7.46. The Morgan fingerprint density at radius 2 is 0.889 bits per heavy atom. The lowest BCUT2D eigenvalue weighted by Gasteiger charge is -2.06. The van der Waals surface area contributed by atoms with Gasteiger partial charge in [0.1, 0.15) is 0 Å². The van der Waals surface area contributed by atoms with Gasteiger partial charge in [0.15, 0.2) is 0 Å². The molecule has 6 aromatic rings. The third-order valence-electron chi connectivity index (χ3n) is 6.18. The normalized spacial score (nSPS) is 10.6. The second-order valence-corrected chi connectivity index (χ2v) is 9.55. The smallest absolute Gasteiger partial charge is 0.423 e. The van der Waals surface area contributed by atoms with Crippen LogP contribution in [0.25, 0.3) is 43.8 Å². The zero-order valence-electron chi connectivity index (χ0n) is 19.6. The van der Waals surface area contributed by atoms with E-state index in [1.807, 2.05) is 42.5 Å². The van der Waals surface area contributed by atoms with Gasteiger partial charge in [-0.1, -0.05) is 125 Å². The third-order valence-corrected chi connectivity index (χ3v) is 6.67. The topological polar surface area (TPSA) is 40.5 Å². The fourth-order valence-electron chi connectivity index (χ4n) is 4.26. The van der Waals surface area contributed by atoms with E-state index in [-0.39, 0.29) is 0 Å². The van der Waals surface area contributed by atoms with Gasteiger partial charge < -0.3 is 10.0 Å². The standard InChI is InChI=1S/C16H13BO2.C16H11Br/c18-17(19)16-9-8-13-6-7-14(10-15(13)11-16)12-4-2-1-3-5-12;17-16-9-8-13-6-7-14(10-15(13)11-16)12-4-2-1-3-5-12/h1-11,18-19H;1-11H. The number of rotatable bonds is 3. The number of hydrogen-bond acceptors (Lipinski definition) is 2. The summed E-state index contributed by atoms with van der Waals surface area (Å²) in [6, 6.07) is 45.2. The fourth-order valence-corrected chi connectivity index (χ4v) is 4.64. The number of halogens is 1. The van der Waals surface area contributed by atoms with E-state index in [4.69, 9.17) is 0 Å². The second kappa shape index (κ2) is 10.9. The first-order valence-electron chi connectivity index (χ1n) is 11.8. The van der Waals surface area contributed by atoms with Gasteiger partial charge >= 0.3 is 7.12 Å². The summed E-state index contributed by atoms with van der Waals surface area (Å²) in [5.41, 5.74) is 5.31. The molecule has 0 aliphatic rings. The predicted molar refractivity (Wildman–Crippen MR) is 156 cm³/mol. The number of fused-ring (bicyclic) bond motifs is 2. The molecule has 0 unspecified atom stereocenters. The molecule has 0 bridgehead atoms. The molecule has 6 aromatic carbocycles. The average molecular weight is 531 g/mol. The van der Waals surface area contributed by atoms with Crippen molar-refractivity contribution in [3.63, 3.8) is 0 Å². The molecular formula is C32H24BBrO2. The molecule has 4 heteroatoms. The zero-order valence-corrected chi connectivity index (χ0v) is 21.1. The minimum Gasteiger partial charge on any atom is -0.423 e. The maximum absolute atomic E-state index is 9.23. The van der Waals surface area contributed by atoms with Crippen molar-refractivity contribution in [3.05, 3.63) is 138 Å². The van der Waals surface area contributed by atoms with Crippen LogP contribution in [0.5, 0.6) is 0 Å². The molecule has 0 spiro atoms. The molecule has 0 atom stereocenters. The van der Waals surface area contributed by atoms with Gasteiger partial charge in [0.05, 0.1) is 0 Å². The maximum atomic E-state index is 9.23. The maximum Gasteiger partial charge on any atom is 0.488 e. The van der Waals surface area contributed by atoms with Gasteiger partial charge in [-0.2, -0.15) is 0 Å². The Morgan fingerprint density at radius 3 is 1.42 bits per heavy atom. The van der Waals surface area contributed by atoms with Gasteiger partial charge in [-0.3, -0.25) is 0 Å². The molecule has 6 rings (SSSR count). The molecule has 0 radical (unpaired) electrons. The molecular weight excluding hydrogens is 507 g/mol. The molecule has 2 nitrogen and oxygen atoms in total.